The molecule has 1 amide bonds. The molecular formula is C19H19N5OS. The summed E-state index contributed by atoms with van der Waals surface area (Å²) < 4.78 is 2.16. The molecule has 1 aromatic carbocycles. The van der Waals surface area contributed by atoms with Crippen LogP contribution < -0.4 is 5.43 Å². The van der Waals surface area contributed by atoms with Gasteiger partial charge >= 0.3 is 0 Å². The molecule has 7 heteroatoms. The Labute approximate surface area is 156 Å². The lowest BCUT2D eigenvalue weighted by atomic mass is 10.2. The van der Waals surface area contributed by atoms with Gasteiger partial charge in [0.25, 0.3) is 5.91 Å². The Balaban J connectivity index is 1.61. The van der Waals surface area contributed by atoms with Gasteiger partial charge in [-0.15, -0.1) is 0 Å². The van der Waals surface area contributed by atoms with E-state index in [-0.39, 0.29) is 11.7 Å². The highest BCUT2D eigenvalue weighted by molar-refractivity contribution is 7.99. The van der Waals surface area contributed by atoms with Crippen LogP contribution in [0.25, 0.3) is 5.69 Å². The maximum atomic E-state index is 11.9. The second-order valence-corrected chi connectivity index (χ2v) is 6.55. The summed E-state index contributed by atoms with van der Waals surface area (Å²) in [5.41, 5.74) is 6.79. The minimum Gasteiger partial charge on any atom is -0.318 e. The van der Waals surface area contributed by atoms with Gasteiger partial charge in [0.2, 0.25) is 0 Å². The van der Waals surface area contributed by atoms with Crippen molar-refractivity contribution in [3.63, 3.8) is 0 Å². The number of hydrazone groups is 1. The number of aryl methyl sites for hydroxylation is 1. The van der Waals surface area contributed by atoms with Gasteiger partial charge in [0.05, 0.1) is 12.0 Å². The maximum Gasteiger partial charge on any atom is 0.250 e. The van der Waals surface area contributed by atoms with Crippen LogP contribution in [-0.2, 0) is 4.79 Å². The van der Waals surface area contributed by atoms with Crippen LogP contribution in [0.4, 0.5) is 0 Å². The molecule has 26 heavy (non-hydrogen) atoms. The highest BCUT2D eigenvalue weighted by atomic mass is 32.2. The quantitative estimate of drug-likeness (QED) is 0.315. The Kier molecular flexibility index (Phi) is 5.80. The van der Waals surface area contributed by atoms with E-state index in [1.54, 1.807) is 24.7 Å². The molecule has 0 aliphatic carbocycles. The Hall–Kier alpha value is -2.93. The van der Waals surface area contributed by atoms with Gasteiger partial charge in [-0.2, -0.15) is 5.10 Å². The molecule has 0 fully saturated rings. The molecule has 3 aromatic rings. The van der Waals surface area contributed by atoms with Gasteiger partial charge in [-0.05, 0) is 38.1 Å². The fraction of sp³-hybridized carbons (Fsp3) is 0.158. The zero-order chi connectivity index (χ0) is 18.4. The van der Waals surface area contributed by atoms with Crippen molar-refractivity contribution in [3.05, 3.63) is 71.8 Å². The number of nitrogens with zero attached hydrogens (tertiary/aromatic N) is 4. The number of nitrogens with one attached hydrogen (secondary N) is 1. The molecule has 2 aromatic heterocycles. The van der Waals surface area contributed by atoms with E-state index in [0.29, 0.717) is 5.16 Å². The summed E-state index contributed by atoms with van der Waals surface area (Å²) in [5, 5.41) is 4.64. The Morgan fingerprint density at radius 3 is 2.65 bits per heavy atom. The highest BCUT2D eigenvalue weighted by Gasteiger charge is 2.09. The minimum absolute atomic E-state index is 0.199. The standard InChI is InChI=1S/C19H19N5OS/c1-14-11-16(15(2)24(14)17-7-4-3-5-8-17)12-22-23-18(25)13-26-19-20-9-6-10-21-19/h3-12H,13H2,1-2H3,(H,23,25)/b22-12-. The summed E-state index contributed by atoms with van der Waals surface area (Å²) in [6.45, 7) is 4.08. The third kappa shape index (κ3) is 4.37. The number of rotatable bonds is 6. The predicted molar refractivity (Wildman–Crippen MR) is 104 cm³/mol. The Morgan fingerprint density at radius 2 is 1.92 bits per heavy atom. The van der Waals surface area contributed by atoms with Crippen LogP contribution >= 0.6 is 11.8 Å². The normalized spacial score (nSPS) is 11.0. The number of thioether (sulfide) groups is 1. The molecule has 3 rings (SSSR count). The summed E-state index contributed by atoms with van der Waals surface area (Å²) >= 11 is 1.27. The average Bonchev–Trinajstić information content (AvgIpc) is 2.95. The second-order valence-electron chi connectivity index (χ2n) is 5.61. The van der Waals surface area contributed by atoms with Crippen LogP contribution in [0.3, 0.4) is 0 Å². The van der Waals surface area contributed by atoms with Gasteiger partial charge in [-0.25, -0.2) is 15.4 Å². The summed E-state index contributed by atoms with van der Waals surface area (Å²) in [6.07, 6.45) is 4.96. The van der Waals surface area contributed by atoms with Crippen molar-refractivity contribution in [2.75, 3.05) is 5.75 Å². The largest absolute Gasteiger partial charge is 0.318 e. The van der Waals surface area contributed by atoms with E-state index in [0.717, 1.165) is 22.6 Å². The number of carbonyl (C=O) groups is 1. The molecule has 1 N–H and O–H groups in total. The molecule has 0 aliphatic heterocycles. The molecule has 0 unspecified atom stereocenters. The summed E-state index contributed by atoms with van der Waals surface area (Å²) in [4.78, 5) is 20.0. The minimum atomic E-state index is -0.199. The van der Waals surface area contributed by atoms with E-state index in [1.165, 1.54) is 11.8 Å². The molecule has 0 bridgehead atoms. The zero-order valence-corrected chi connectivity index (χ0v) is 15.4. The second kappa shape index (κ2) is 8.44. The van der Waals surface area contributed by atoms with Gasteiger partial charge in [-0.3, -0.25) is 4.79 Å². The van der Waals surface area contributed by atoms with E-state index < -0.39 is 0 Å². The number of amides is 1. The van der Waals surface area contributed by atoms with E-state index in [9.17, 15) is 4.79 Å². The molecule has 6 nitrogen and oxygen atoms in total. The van der Waals surface area contributed by atoms with Crippen LogP contribution in [-0.4, -0.2) is 32.4 Å². The maximum absolute atomic E-state index is 11.9. The van der Waals surface area contributed by atoms with Crippen molar-refractivity contribution >= 4 is 23.9 Å². The topological polar surface area (TPSA) is 72.2 Å². The average molecular weight is 365 g/mol. The van der Waals surface area contributed by atoms with Crippen molar-refractivity contribution in [2.24, 2.45) is 5.10 Å². The first kappa shape index (κ1) is 17.9. The van der Waals surface area contributed by atoms with Crippen LogP contribution in [0.1, 0.15) is 17.0 Å². The van der Waals surface area contributed by atoms with Crippen molar-refractivity contribution in [3.8, 4) is 5.69 Å². The van der Waals surface area contributed by atoms with Gasteiger partial charge in [0.1, 0.15) is 0 Å². The van der Waals surface area contributed by atoms with Crippen LogP contribution in [0, 0.1) is 13.8 Å². The van der Waals surface area contributed by atoms with E-state index in [2.05, 4.69) is 37.2 Å². The molecule has 0 saturated carbocycles. The third-order valence-electron chi connectivity index (χ3n) is 3.75. The molecule has 132 valence electrons. The Bertz CT molecular complexity index is 906. The third-order valence-corrected chi connectivity index (χ3v) is 4.63. The lowest BCUT2D eigenvalue weighted by Gasteiger charge is -2.08. The number of para-hydroxylation sites is 1. The van der Waals surface area contributed by atoms with Crippen molar-refractivity contribution in [1.82, 2.24) is 20.0 Å². The van der Waals surface area contributed by atoms with E-state index >= 15 is 0 Å². The summed E-state index contributed by atoms with van der Waals surface area (Å²) in [7, 11) is 0. The van der Waals surface area contributed by atoms with Gasteiger partial charge in [-0.1, -0.05) is 30.0 Å². The lowest BCUT2D eigenvalue weighted by Crippen LogP contribution is -2.19. The van der Waals surface area contributed by atoms with Gasteiger partial charge < -0.3 is 4.57 Å². The Morgan fingerprint density at radius 1 is 1.19 bits per heavy atom. The molecule has 0 radical (unpaired) electrons. The number of benzene rings is 1. The molecule has 0 atom stereocenters. The van der Waals surface area contributed by atoms with Crippen molar-refractivity contribution in [1.29, 1.82) is 0 Å². The number of hydrogen-bond acceptors (Lipinski definition) is 5. The first-order valence-electron chi connectivity index (χ1n) is 8.11. The smallest absolute Gasteiger partial charge is 0.250 e. The van der Waals surface area contributed by atoms with Crippen LogP contribution in [0.15, 0.2) is 65.1 Å². The lowest BCUT2D eigenvalue weighted by molar-refractivity contribution is -0.118. The van der Waals surface area contributed by atoms with Gasteiger partial charge in [0.15, 0.2) is 5.16 Å². The fourth-order valence-corrected chi connectivity index (χ4v) is 3.18. The molecule has 2 heterocycles. The fourth-order valence-electron chi connectivity index (χ4n) is 2.59. The predicted octanol–water partition coefficient (Wildman–Crippen LogP) is 3.13. The number of hydrogen-bond donors (Lipinski definition) is 1. The molecule has 0 spiro atoms. The number of aromatic nitrogens is 3. The zero-order valence-electron chi connectivity index (χ0n) is 14.6. The van der Waals surface area contributed by atoms with Crippen LogP contribution in [0.5, 0.6) is 0 Å². The molecule has 0 saturated heterocycles. The highest BCUT2D eigenvalue weighted by Crippen LogP contribution is 2.19. The van der Waals surface area contributed by atoms with E-state index in [4.69, 9.17) is 0 Å². The van der Waals surface area contributed by atoms with Crippen molar-refractivity contribution < 1.29 is 4.79 Å². The van der Waals surface area contributed by atoms with Gasteiger partial charge in [0, 0.05) is 35.0 Å². The van der Waals surface area contributed by atoms with E-state index in [1.807, 2.05) is 38.1 Å². The summed E-state index contributed by atoms with van der Waals surface area (Å²) in [5.74, 6) is 0.0141. The molecular weight excluding hydrogens is 346 g/mol. The number of carbonyl (C=O) groups excluding carboxylic acids is 1. The SMILES string of the molecule is Cc1cc(/C=N\NC(=O)CSc2ncccn2)c(C)n1-c1ccccc1. The first-order chi connectivity index (χ1) is 12.6. The monoisotopic (exact) mass is 365 g/mol. The van der Waals surface area contributed by atoms with Crippen molar-refractivity contribution in [2.45, 2.75) is 19.0 Å². The van der Waals surface area contributed by atoms with Crippen LogP contribution in [0.2, 0.25) is 0 Å². The molecule has 0 aliphatic rings. The summed E-state index contributed by atoms with van der Waals surface area (Å²) in [6, 6.07) is 13.9. The first-order valence-corrected chi connectivity index (χ1v) is 9.10.